The van der Waals surface area contributed by atoms with Gasteiger partial charge in [-0.25, -0.2) is 5.01 Å². The molecule has 3 rings (SSSR count). The number of anilines is 1. The Bertz CT molecular complexity index is 872. The minimum atomic E-state index is -0.549. The van der Waals surface area contributed by atoms with Gasteiger partial charge in [0.05, 0.1) is 10.6 Å². The second-order valence-corrected chi connectivity index (χ2v) is 5.33. The Labute approximate surface area is 137 Å². The molecule has 0 atom stereocenters. The fourth-order valence-electron chi connectivity index (χ4n) is 2.33. The van der Waals surface area contributed by atoms with Crippen molar-refractivity contribution in [1.29, 1.82) is 0 Å². The lowest BCUT2D eigenvalue weighted by molar-refractivity contribution is -0.384. The number of nitrogens with zero attached hydrogens (tertiary/aromatic N) is 2. The molecule has 1 N–H and O–H groups in total. The highest BCUT2D eigenvalue weighted by Gasteiger charge is 2.34. The van der Waals surface area contributed by atoms with Gasteiger partial charge in [-0.15, -0.1) is 0 Å². The summed E-state index contributed by atoms with van der Waals surface area (Å²) in [6.07, 6.45) is 1.35. The molecule has 7 heteroatoms. The van der Waals surface area contributed by atoms with Crippen molar-refractivity contribution in [3.8, 4) is 0 Å². The van der Waals surface area contributed by atoms with Crippen LogP contribution in [0.2, 0.25) is 0 Å². The lowest BCUT2D eigenvalue weighted by Gasteiger charge is -2.14. The van der Waals surface area contributed by atoms with Crippen molar-refractivity contribution in [3.05, 3.63) is 75.3 Å². The second kappa shape index (κ2) is 5.96. The van der Waals surface area contributed by atoms with E-state index in [-0.39, 0.29) is 11.3 Å². The number of hydrazine groups is 1. The van der Waals surface area contributed by atoms with E-state index in [0.29, 0.717) is 11.3 Å². The summed E-state index contributed by atoms with van der Waals surface area (Å²) in [6, 6.07) is 12.9. The predicted octanol–water partition coefficient (Wildman–Crippen LogP) is 2.36. The number of nitrogens with one attached hydrogen (secondary N) is 1. The minimum absolute atomic E-state index is 0.0731. The molecule has 1 fully saturated rings. The highest BCUT2D eigenvalue weighted by Crippen LogP contribution is 2.23. The second-order valence-electron chi connectivity index (χ2n) is 5.33. The molecule has 0 aliphatic carbocycles. The number of benzene rings is 2. The third kappa shape index (κ3) is 2.87. The number of carbonyl (C=O) groups is 2. The van der Waals surface area contributed by atoms with Crippen LogP contribution in [0.15, 0.2) is 54.1 Å². The maximum atomic E-state index is 12.5. The lowest BCUT2D eigenvalue weighted by atomic mass is 10.1. The van der Waals surface area contributed by atoms with E-state index < -0.39 is 16.7 Å². The third-order valence-electron chi connectivity index (χ3n) is 3.58. The number of nitro groups is 1. The molecule has 1 heterocycles. The molecule has 1 aliphatic rings. The molecule has 0 aromatic heterocycles. The molecule has 0 bridgehead atoms. The number of carbonyl (C=O) groups excluding carboxylic acids is 2. The zero-order chi connectivity index (χ0) is 17.3. The zero-order valence-corrected chi connectivity index (χ0v) is 12.7. The minimum Gasteiger partial charge on any atom is -0.267 e. The number of non-ortho nitro benzene ring substituents is 1. The number of rotatable bonds is 3. The monoisotopic (exact) mass is 323 g/mol. The first-order valence-electron chi connectivity index (χ1n) is 7.14. The summed E-state index contributed by atoms with van der Waals surface area (Å²) < 4.78 is 0. The van der Waals surface area contributed by atoms with Gasteiger partial charge in [0.15, 0.2) is 0 Å². The number of hydrogen-bond acceptors (Lipinski definition) is 4. The third-order valence-corrected chi connectivity index (χ3v) is 3.58. The van der Waals surface area contributed by atoms with Crippen molar-refractivity contribution < 1.29 is 14.5 Å². The molecule has 0 radical (unpaired) electrons. The molecule has 1 saturated heterocycles. The molecule has 0 spiro atoms. The Kier molecular flexibility index (Phi) is 3.83. The molecule has 0 unspecified atom stereocenters. The van der Waals surface area contributed by atoms with Gasteiger partial charge in [0.1, 0.15) is 5.57 Å². The van der Waals surface area contributed by atoms with Crippen molar-refractivity contribution in [3.63, 3.8) is 0 Å². The van der Waals surface area contributed by atoms with Gasteiger partial charge in [0.2, 0.25) is 0 Å². The van der Waals surface area contributed by atoms with Crippen molar-refractivity contribution in [2.45, 2.75) is 6.92 Å². The van der Waals surface area contributed by atoms with Gasteiger partial charge in [0.25, 0.3) is 17.5 Å². The summed E-state index contributed by atoms with van der Waals surface area (Å²) in [5, 5.41) is 12.0. The van der Waals surface area contributed by atoms with Crippen LogP contribution in [0.4, 0.5) is 11.4 Å². The zero-order valence-electron chi connectivity index (χ0n) is 12.7. The summed E-state index contributed by atoms with van der Waals surface area (Å²) in [7, 11) is 0. The van der Waals surface area contributed by atoms with Crippen LogP contribution >= 0.6 is 0 Å². The summed E-state index contributed by atoms with van der Waals surface area (Å²) in [4.78, 5) is 34.8. The fraction of sp³-hybridized carbons (Fsp3) is 0.0588. The maximum Gasteiger partial charge on any atom is 0.282 e. The van der Waals surface area contributed by atoms with E-state index in [4.69, 9.17) is 0 Å². The summed E-state index contributed by atoms with van der Waals surface area (Å²) in [5.74, 6) is -1.05. The van der Waals surface area contributed by atoms with Gasteiger partial charge < -0.3 is 0 Å². The van der Waals surface area contributed by atoms with Crippen LogP contribution in [0.1, 0.15) is 11.1 Å². The largest absolute Gasteiger partial charge is 0.282 e. The molecule has 2 aromatic carbocycles. The molecule has 7 nitrogen and oxygen atoms in total. The van der Waals surface area contributed by atoms with Gasteiger partial charge in [0, 0.05) is 12.1 Å². The van der Waals surface area contributed by atoms with E-state index >= 15 is 0 Å². The van der Waals surface area contributed by atoms with Crippen molar-refractivity contribution in [2.75, 3.05) is 5.01 Å². The smallest absolute Gasteiger partial charge is 0.267 e. The summed E-state index contributed by atoms with van der Waals surface area (Å²) in [5.41, 5.74) is 4.30. The van der Waals surface area contributed by atoms with Crippen molar-refractivity contribution in [2.24, 2.45) is 0 Å². The highest BCUT2D eigenvalue weighted by molar-refractivity contribution is 6.31. The Balaban J connectivity index is 1.93. The van der Waals surface area contributed by atoms with Crippen LogP contribution < -0.4 is 10.4 Å². The van der Waals surface area contributed by atoms with Gasteiger partial charge in [-0.2, -0.15) is 0 Å². The van der Waals surface area contributed by atoms with E-state index in [1.165, 1.54) is 24.3 Å². The first kappa shape index (κ1) is 15.4. The molecule has 24 heavy (non-hydrogen) atoms. The summed E-state index contributed by atoms with van der Waals surface area (Å²) in [6.45, 7) is 1.92. The van der Waals surface area contributed by atoms with E-state index in [1.807, 2.05) is 19.1 Å². The Hall–Kier alpha value is -3.48. The van der Waals surface area contributed by atoms with Crippen molar-refractivity contribution >= 4 is 29.3 Å². The molecular weight excluding hydrogens is 310 g/mol. The maximum absolute atomic E-state index is 12.5. The van der Waals surface area contributed by atoms with Crippen LogP contribution in [-0.2, 0) is 9.59 Å². The van der Waals surface area contributed by atoms with Crippen LogP contribution in [0.5, 0.6) is 0 Å². The van der Waals surface area contributed by atoms with E-state index in [2.05, 4.69) is 5.43 Å². The van der Waals surface area contributed by atoms with E-state index in [1.54, 1.807) is 18.2 Å². The molecule has 120 valence electrons. The van der Waals surface area contributed by atoms with E-state index in [9.17, 15) is 19.7 Å². The van der Waals surface area contributed by atoms with Crippen LogP contribution in [0, 0.1) is 17.0 Å². The Morgan fingerprint density at radius 1 is 1.12 bits per heavy atom. The first-order chi connectivity index (χ1) is 11.5. The van der Waals surface area contributed by atoms with Gasteiger partial charge in [-0.05, 0) is 30.7 Å². The molecule has 1 aliphatic heterocycles. The standard InChI is InChI=1S/C17H13N3O4/c1-11-5-7-13(8-6-11)19-17(22)15(16(21)18-19)10-12-3-2-4-14(9-12)20(23)24/h2-10H,1H3,(H,18,21)/b15-10-. The van der Waals surface area contributed by atoms with Gasteiger partial charge >= 0.3 is 0 Å². The normalized spacial score (nSPS) is 15.7. The number of aryl methyl sites for hydroxylation is 1. The van der Waals surface area contributed by atoms with Gasteiger partial charge in [-0.3, -0.25) is 25.1 Å². The highest BCUT2D eigenvalue weighted by atomic mass is 16.6. The SMILES string of the molecule is Cc1ccc(N2NC(=O)/C(=C/c3cccc([N+](=O)[O-])c3)C2=O)cc1. The number of nitro benzene ring substituents is 1. The number of hydrogen-bond donors (Lipinski definition) is 1. The molecule has 2 aromatic rings. The predicted molar refractivity (Wildman–Crippen MR) is 87.9 cm³/mol. The van der Waals surface area contributed by atoms with Crippen LogP contribution in [0.3, 0.4) is 0 Å². The summed E-state index contributed by atoms with van der Waals surface area (Å²) >= 11 is 0. The van der Waals surface area contributed by atoms with Crippen LogP contribution in [-0.4, -0.2) is 16.7 Å². The average molecular weight is 323 g/mol. The molecule has 0 saturated carbocycles. The topological polar surface area (TPSA) is 92.6 Å². The first-order valence-corrected chi connectivity index (χ1v) is 7.14. The fourth-order valence-corrected chi connectivity index (χ4v) is 2.33. The molecular formula is C17H13N3O4. The quantitative estimate of drug-likeness (QED) is 0.406. The lowest BCUT2D eigenvalue weighted by Crippen LogP contribution is -2.35. The average Bonchev–Trinajstić information content (AvgIpc) is 2.84. The molecule has 2 amide bonds. The Morgan fingerprint density at radius 2 is 1.83 bits per heavy atom. The van der Waals surface area contributed by atoms with Crippen molar-refractivity contribution in [1.82, 2.24) is 5.43 Å². The van der Waals surface area contributed by atoms with Crippen LogP contribution in [0.25, 0.3) is 6.08 Å². The number of amides is 2. The van der Waals surface area contributed by atoms with E-state index in [0.717, 1.165) is 10.6 Å². The Morgan fingerprint density at radius 3 is 2.50 bits per heavy atom. The van der Waals surface area contributed by atoms with Gasteiger partial charge in [-0.1, -0.05) is 29.8 Å².